The highest BCUT2D eigenvalue weighted by molar-refractivity contribution is 7.20. The molecule has 0 spiro atoms. The minimum absolute atomic E-state index is 0.240. The maximum Gasteiger partial charge on any atom is 0.279 e. The maximum absolute atomic E-state index is 14.9. The summed E-state index contributed by atoms with van der Waals surface area (Å²) in [6, 6.07) is 10.3. The van der Waals surface area contributed by atoms with E-state index in [1.807, 2.05) is 0 Å². The second-order valence-electron chi connectivity index (χ2n) is 8.49. The van der Waals surface area contributed by atoms with Gasteiger partial charge in [0.15, 0.2) is 0 Å². The molecule has 8 heteroatoms. The SMILES string of the molecule is NC(=O)CC1C[C@H]2CC[C@@H](C1)N2Cc1ccc(Oc2nc3c(F)cccc3s2)cc1F. The number of ether oxygens (including phenoxy) is 1. The molecule has 2 bridgehead atoms. The zero-order valence-electron chi connectivity index (χ0n) is 16.9. The van der Waals surface area contributed by atoms with Crippen molar-refractivity contribution in [3.8, 4) is 10.9 Å². The van der Waals surface area contributed by atoms with Crippen LogP contribution < -0.4 is 10.5 Å². The molecule has 2 N–H and O–H groups in total. The Morgan fingerprint density at radius 3 is 2.61 bits per heavy atom. The first-order valence-electron chi connectivity index (χ1n) is 10.5. The number of carbonyl (C=O) groups is 1. The van der Waals surface area contributed by atoms with Crippen LogP contribution in [0.4, 0.5) is 8.78 Å². The van der Waals surface area contributed by atoms with Crippen LogP contribution in [0.2, 0.25) is 0 Å². The molecule has 1 aromatic heterocycles. The molecule has 3 heterocycles. The summed E-state index contributed by atoms with van der Waals surface area (Å²) >= 11 is 1.22. The highest BCUT2D eigenvalue weighted by Gasteiger charge is 2.41. The first-order valence-corrected chi connectivity index (χ1v) is 11.3. The Bertz CT molecular complexity index is 1120. The number of nitrogens with two attached hydrogens (primary N) is 1. The number of hydrogen-bond donors (Lipinski definition) is 1. The van der Waals surface area contributed by atoms with Gasteiger partial charge in [0.05, 0.1) is 4.70 Å². The first kappa shape index (κ1) is 20.3. The van der Waals surface area contributed by atoms with Crippen LogP contribution in [-0.2, 0) is 11.3 Å². The number of aromatic nitrogens is 1. The smallest absolute Gasteiger partial charge is 0.279 e. The average molecular weight is 444 g/mol. The van der Waals surface area contributed by atoms with Gasteiger partial charge >= 0.3 is 0 Å². The summed E-state index contributed by atoms with van der Waals surface area (Å²) < 4.78 is 35.1. The number of amides is 1. The van der Waals surface area contributed by atoms with Gasteiger partial charge in [-0.05, 0) is 49.8 Å². The third-order valence-corrected chi connectivity index (χ3v) is 7.30. The Hall–Kier alpha value is -2.58. The quantitative estimate of drug-likeness (QED) is 0.583. The molecule has 162 valence electrons. The number of para-hydroxylation sites is 1. The van der Waals surface area contributed by atoms with Gasteiger partial charge in [-0.1, -0.05) is 23.5 Å². The topological polar surface area (TPSA) is 68.5 Å². The lowest BCUT2D eigenvalue weighted by Crippen LogP contribution is -2.43. The van der Waals surface area contributed by atoms with Crippen molar-refractivity contribution in [2.24, 2.45) is 11.7 Å². The first-order chi connectivity index (χ1) is 15.0. The average Bonchev–Trinajstić information content (AvgIpc) is 3.22. The van der Waals surface area contributed by atoms with E-state index in [1.165, 1.54) is 23.5 Å². The van der Waals surface area contributed by atoms with Crippen LogP contribution in [0.25, 0.3) is 10.2 Å². The number of fused-ring (bicyclic) bond motifs is 3. The van der Waals surface area contributed by atoms with Gasteiger partial charge in [-0.3, -0.25) is 9.69 Å². The normalized spacial score (nSPS) is 23.4. The van der Waals surface area contributed by atoms with Gasteiger partial charge in [0.2, 0.25) is 5.91 Å². The molecule has 2 fully saturated rings. The van der Waals surface area contributed by atoms with E-state index in [0.29, 0.717) is 47.0 Å². The predicted octanol–water partition coefficient (Wildman–Crippen LogP) is 4.99. The molecule has 2 aliphatic heterocycles. The van der Waals surface area contributed by atoms with E-state index in [2.05, 4.69) is 9.88 Å². The molecular formula is C23H23F2N3O2S. The fraction of sp³-hybridized carbons (Fsp3) is 0.391. The molecule has 0 saturated carbocycles. The number of rotatable bonds is 6. The van der Waals surface area contributed by atoms with Crippen molar-refractivity contribution in [3.05, 3.63) is 53.6 Å². The van der Waals surface area contributed by atoms with E-state index in [1.54, 1.807) is 24.3 Å². The molecule has 5 nitrogen and oxygen atoms in total. The number of carbonyl (C=O) groups excluding carboxylic acids is 1. The minimum atomic E-state index is -0.403. The molecule has 0 aliphatic carbocycles. The zero-order valence-corrected chi connectivity index (χ0v) is 17.7. The monoisotopic (exact) mass is 443 g/mol. The Kier molecular flexibility index (Phi) is 5.35. The third-order valence-electron chi connectivity index (χ3n) is 6.40. The van der Waals surface area contributed by atoms with Crippen molar-refractivity contribution < 1.29 is 18.3 Å². The van der Waals surface area contributed by atoms with E-state index < -0.39 is 5.82 Å². The van der Waals surface area contributed by atoms with Gasteiger partial charge < -0.3 is 10.5 Å². The molecule has 0 radical (unpaired) electrons. The van der Waals surface area contributed by atoms with Gasteiger partial charge in [-0.15, -0.1) is 0 Å². The van der Waals surface area contributed by atoms with Crippen LogP contribution in [0.5, 0.6) is 10.9 Å². The van der Waals surface area contributed by atoms with Crippen LogP contribution in [-0.4, -0.2) is 27.9 Å². The van der Waals surface area contributed by atoms with E-state index >= 15 is 0 Å². The Labute approximate surface area is 182 Å². The van der Waals surface area contributed by atoms with Crippen molar-refractivity contribution in [2.45, 2.75) is 50.7 Å². The molecule has 31 heavy (non-hydrogen) atoms. The van der Waals surface area contributed by atoms with Gasteiger partial charge in [-0.2, -0.15) is 4.98 Å². The van der Waals surface area contributed by atoms with Crippen molar-refractivity contribution in [1.82, 2.24) is 9.88 Å². The lowest BCUT2D eigenvalue weighted by atomic mass is 9.87. The van der Waals surface area contributed by atoms with Crippen molar-refractivity contribution in [1.29, 1.82) is 0 Å². The van der Waals surface area contributed by atoms with E-state index in [4.69, 9.17) is 10.5 Å². The van der Waals surface area contributed by atoms with Crippen LogP contribution in [0, 0.1) is 17.6 Å². The lowest BCUT2D eigenvalue weighted by Gasteiger charge is -2.38. The molecule has 5 rings (SSSR count). The van der Waals surface area contributed by atoms with Gasteiger partial charge in [0, 0.05) is 36.7 Å². The summed E-state index contributed by atoms with van der Waals surface area (Å²) in [7, 11) is 0. The van der Waals surface area contributed by atoms with Crippen LogP contribution in [0.3, 0.4) is 0 Å². The molecule has 3 aromatic rings. The number of thiazole rings is 1. The number of nitrogens with zero attached hydrogens (tertiary/aromatic N) is 2. The maximum atomic E-state index is 14.9. The second-order valence-corrected chi connectivity index (χ2v) is 9.48. The van der Waals surface area contributed by atoms with E-state index in [-0.39, 0.29) is 22.4 Å². The highest BCUT2D eigenvalue weighted by Crippen LogP contribution is 2.41. The number of primary amides is 1. The summed E-state index contributed by atoms with van der Waals surface area (Å²) in [5, 5.41) is 0.279. The van der Waals surface area contributed by atoms with Gasteiger partial charge in [-0.25, -0.2) is 8.78 Å². The summed E-state index contributed by atoms with van der Waals surface area (Å²) in [6.45, 7) is 0.539. The number of hydrogen-bond acceptors (Lipinski definition) is 5. The largest absolute Gasteiger partial charge is 0.431 e. The summed E-state index contributed by atoms with van der Waals surface area (Å²) in [5.74, 6) is -0.299. The number of piperidine rings is 1. The molecule has 2 saturated heterocycles. The molecule has 2 aliphatic rings. The summed E-state index contributed by atoms with van der Waals surface area (Å²) in [6.07, 6.45) is 4.48. The second kappa shape index (κ2) is 8.16. The zero-order chi connectivity index (χ0) is 21.5. The van der Waals surface area contributed by atoms with Gasteiger partial charge in [0.25, 0.3) is 5.19 Å². The summed E-state index contributed by atoms with van der Waals surface area (Å²) in [5.41, 5.74) is 6.25. The van der Waals surface area contributed by atoms with Crippen LogP contribution in [0.15, 0.2) is 36.4 Å². The summed E-state index contributed by atoms with van der Waals surface area (Å²) in [4.78, 5) is 17.8. The highest BCUT2D eigenvalue weighted by atomic mass is 32.1. The van der Waals surface area contributed by atoms with Crippen molar-refractivity contribution in [3.63, 3.8) is 0 Å². The predicted molar refractivity (Wildman–Crippen MR) is 115 cm³/mol. The van der Waals surface area contributed by atoms with E-state index in [9.17, 15) is 13.6 Å². The Morgan fingerprint density at radius 2 is 1.94 bits per heavy atom. The fourth-order valence-corrected chi connectivity index (χ4v) is 5.90. The Balaban J connectivity index is 1.28. The molecule has 1 amide bonds. The van der Waals surface area contributed by atoms with E-state index in [0.717, 1.165) is 25.7 Å². The Morgan fingerprint density at radius 1 is 1.16 bits per heavy atom. The lowest BCUT2D eigenvalue weighted by molar-refractivity contribution is -0.119. The molecule has 3 atom stereocenters. The van der Waals surface area contributed by atoms with Crippen molar-refractivity contribution in [2.75, 3.05) is 0 Å². The fourth-order valence-electron chi connectivity index (χ4n) is 5.05. The van der Waals surface area contributed by atoms with Crippen molar-refractivity contribution >= 4 is 27.5 Å². The molecule has 1 unspecified atom stereocenters. The standard InChI is InChI=1S/C23H23F2N3O2S/c24-18-2-1-3-20-22(18)27-23(31-20)30-17-7-4-14(19(25)11-17)12-28-15-5-6-16(28)9-13(8-15)10-21(26)29/h1-4,7,11,13,15-16H,5-6,8-10,12H2,(H2,26,29)/t13?,15-,16+. The molecular weight excluding hydrogens is 420 g/mol. The number of halogens is 2. The minimum Gasteiger partial charge on any atom is -0.431 e. The number of benzene rings is 2. The van der Waals surface area contributed by atoms with Crippen LogP contribution in [0.1, 0.15) is 37.7 Å². The van der Waals surface area contributed by atoms with Crippen LogP contribution >= 0.6 is 11.3 Å². The molecule has 2 aromatic carbocycles. The third kappa shape index (κ3) is 4.14. The van der Waals surface area contributed by atoms with Gasteiger partial charge in [0.1, 0.15) is 22.9 Å².